The molecule has 2 aromatic rings. The Morgan fingerprint density at radius 1 is 1.23 bits per heavy atom. The third-order valence-corrected chi connectivity index (χ3v) is 5.03. The molecule has 0 aliphatic carbocycles. The van der Waals surface area contributed by atoms with E-state index in [1.807, 2.05) is 13.0 Å². The number of rotatable bonds is 10. The summed E-state index contributed by atoms with van der Waals surface area (Å²) in [5, 5.41) is 7.20. The number of nitrogens with one attached hydrogen (secondary N) is 2. The van der Waals surface area contributed by atoms with E-state index in [1.54, 1.807) is 30.3 Å². The van der Waals surface area contributed by atoms with Crippen LogP contribution in [0.25, 0.3) is 0 Å². The second kappa shape index (κ2) is 12.1. The Morgan fingerprint density at radius 2 is 1.97 bits per heavy atom. The number of hydrazone groups is 1. The summed E-state index contributed by atoms with van der Waals surface area (Å²) < 4.78 is 11.6. The molecule has 0 unspecified atom stereocenters. The van der Waals surface area contributed by atoms with Crippen LogP contribution in [0.4, 0.5) is 5.69 Å². The van der Waals surface area contributed by atoms with Crippen LogP contribution in [-0.4, -0.2) is 31.7 Å². The van der Waals surface area contributed by atoms with Gasteiger partial charge in [0.25, 0.3) is 0 Å². The van der Waals surface area contributed by atoms with Crippen LogP contribution in [0.3, 0.4) is 0 Å². The third kappa shape index (κ3) is 7.73. The van der Waals surface area contributed by atoms with Gasteiger partial charge in [0.05, 0.1) is 17.8 Å². The minimum absolute atomic E-state index is 0.00981. The van der Waals surface area contributed by atoms with E-state index in [9.17, 15) is 9.59 Å². The van der Waals surface area contributed by atoms with Crippen LogP contribution in [0, 0.1) is 6.92 Å². The molecular weight excluding hydrogens is 486 g/mol. The van der Waals surface area contributed by atoms with Crippen molar-refractivity contribution in [2.45, 2.75) is 19.8 Å². The minimum atomic E-state index is -0.384. The van der Waals surface area contributed by atoms with Gasteiger partial charge in [0.2, 0.25) is 11.8 Å². The van der Waals surface area contributed by atoms with Crippen LogP contribution in [-0.2, 0) is 9.59 Å². The van der Waals surface area contributed by atoms with Gasteiger partial charge in [-0.25, -0.2) is 5.43 Å². The molecule has 2 aromatic carbocycles. The topological polar surface area (TPSA) is 89.0 Å². The van der Waals surface area contributed by atoms with Crippen LogP contribution < -0.4 is 20.2 Å². The van der Waals surface area contributed by atoms with Crippen molar-refractivity contribution >= 4 is 51.2 Å². The van der Waals surface area contributed by atoms with Gasteiger partial charge in [-0.15, -0.1) is 0 Å². The molecule has 0 aliphatic rings. The standard InChI is InChI=1S/C22H23BrClN3O4/c1-4-9-31-22-17(23)10-15(11-19(22)30-3)13-25-27-21(29)8-7-20(28)26-16-6-5-14(2)18(24)12-16/h4-6,10-13H,1,7-9H2,2-3H3,(H,26,28)(H,27,29). The van der Waals surface area contributed by atoms with E-state index in [0.717, 1.165) is 5.56 Å². The average Bonchev–Trinajstić information content (AvgIpc) is 2.74. The molecule has 0 radical (unpaired) electrons. The quantitative estimate of drug-likeness (QED) is 0.273. The number of nitrogens with zero attached hydrogens (tertiary/aromatic N) is 1. The van der Waals surface area contributed by atoms with Crippen LogP contribution in [0.1, 0.15) is 24.0 Å². The van der Waals surface area contributed by atoms with Crippen molar-refractivity contribution in [3.8, 4) is 11.5 Å². The van der Waals surface area contributed by atoms with Crippen molar-refractivity contribution < 1.29 is 19.1 Å². The van der Waals surface area contributed by atoms with Crippen molar-refractivity contribution in [3.05, 3.63) is 63.6 Å². The largest absolute Gasteiger partial charge is 0.493 e. The number of carbonyl (C=O) groups excluding carboxylic acids is 2. The number of halogens is 2. The molecule has 2 amide bonds. The van der Waals surface area contributed by atoms with E-state index in [4.69, 9.17) is 21.1 Å². The summed E-state index contributed by atoms with van der Waals surface area (Å²) in [6, 6.07) is 8.73. The summed E-state index contributed by atoms with van der Waals surface area (Å²) in [5.74, 6) is 0.384. The van der Waals surface area contributed by atoms with Gasteiger partial charge in [-0.3, -0.25) is 9.59 Å². The zero-order valence-corrected chi connectivity index (χ0v) is 19.5. The SMILES string of the molecule is C=CCOc1c(Br)cc(C=NNC(=O)CCC(=O)Nc2ccc(C)c(Cl)c2)cc1OC. The molecule has 0 saturated carbocycles. The fourth-order valence-corrected chi connectivity index (χ4v) is 3.21. The molecule has 7 nitrogen and oxygen atoms in total. The van der Waals surface area contributed by atoms with Crippen molar-refractivity contribution in [2.24, 2.45) is 5.10 Å². The minimum Gasteiger partial charge on any atom is -0.493 e. The third-order valence-electron chi connectivity index (χ3n) is 4.03. The molecule has 9 heteroatoms. The summed E-state index contributed by atoms with van der Waals surface area (Å²) in [4.78, 5) is 24.0. The van der Waals surface area contributed by atoms with Crippen molar-refractivity contribution in [1.29, 1.82) is 0 Å². The summed E-state index contributed by atoms with van der Waals surface area (Å²) in [6.45, 7) is 5.83. The van der Waals surface area contributed by atoms with Crippen LogP contribution in [0.5, 0.6) is 11.5 Å². The van der Waals surface area contributed by atoms with Crippen LogP contribution in [0.2, 0.25) is 5.02 Å². The molecule has 164 valence electrons. The number of ether oxygens (including phenoxy) is 2. The zero-order valence-electron chi connectivity index (χ0n) is 17.2. The molecule has 2 N–H and O–H groups in total. The van der Waals surface area contributed by atoms with Gasteiger partial charge in [-0.2, -0.15) is 5.10 Å². The zero-order chi connectivity index (χ0) is 22.8. The Morgan fingerprint density at radius 3 is 2.65 bits per heavy atom. The fourth-order valence-electron chi connectivity index (χ4n) is 2.45. The Hall–Kier alpha value is -2.84. The number of hydrogen-bond donors (Lipinski definition) is 2. The van der Waals surface area contributed by atoms with Crippen molar-refractivity contribution in [2.75, 3.05) is 19.0 Å². The summed E-state index contributed by atoms with van der Waals surface area (Å²) in [5.41, 5.74) is 4.59. The first kappa shape index (κ1) is 24.4. The molecule has 2 rings (SSSR count). The molecule has 0 aliphatic heterocycles. The maximum atomic E-state index is 12.0. The number of aryl methyl sites for hydroxylation is 1. The van der Waals surface area contributed by atoms with Gasteiger partial charge in [-0.1, -0.05) is 30.3 Å². The normalized spacial score (nSPS) is 10.6. The Bertz CT molecular complexity index is 995. The highest BCUT2D eigenvalue weighted by Gasteiger charge is 2.11. The first-order valence-electron chi connectivity index (χ1n) is 9.33. The number of anilines is 1. The van der Waals surface area contributed by atoms with Gasteiger partial charge in [0.1, 0.15) is 6.61 Å². The Labute approximate surface area is 194 Å². The molecular formula is C22H23BrClN3O4. The molecule has 0 aromatic heterocycles. The average molecular weight is 509 g/mol. The number of hydrogen-bond acceptors (Lipinski definition) is 5. The first-order chi connectivity index (χ1) is 14.8. The van der Waals surface area contributed by atoms with Crippen LogP contribution >= 0.6 is 27.5 Å². The Balaban J connectivity index is 1.86. The van der Waals surface area contributed by atoms with Gasteiger partial charge < -0.3 is 14.8 Å². The van der Waals surface area contributed by atoms with E-state index < -0.39 is 0 Å². The molecule has 0 atom stereocenters. The maximum Gasteiger partial charge on any atom is 0.240 e. The van der Waals surface area contributed by atoms with Gasteiger partial charge in [-0.05, 0) is 58.2 Å². The first-order valence-corrected chi connectivity index (χ1v) is 10.5. The second-order valence-electron chi connectivity index (χ2n) is 6.44. The lowest BCUT2D eigenvalue weighted by atomic mass is 10.2. The van der Waals surface area contributed by atoms with Gasteiger partial charge in [0, 0.05) is 23.6 Å². The smallest absolute Gasteiger partial charge is 0.240 e. The van der Waals surface area contributed by atoms with Crippen LogP contribution in [0.15, 0.2) is 52.6 Å². The van der Waals surface area contributed by atoms with Crippen molar-refractivity contribution in [3.63, 3.8) is 0 Å². The molecule has 31 heavy (non-hydrogen) atoms. The molecule has 0 saturated heterocycles. The van der Waals surface area contributed by atoms with Gasteiger partial charge >= 0.3 is 0 Å². The monoisotopic (exact) mass is 507 g/mol. The van der Waals surface area contributed by atoms with E-state index >= 15 is 0 Å². The summed E-state index contributed by atoms with van der Waals surface area (Å²) in [7, 11) is 1.53. The van der Waals surface area contributed by atoms with E-state index in [0.29, 0.717) is 38.9 Å². The van der Waals surface area contributed by atoms with Gasteiger partial charge in [0.15, 0.2) is 11.5 Å². The maximum absolute atomic E-state index is 12.0. The highest BCUT2D eigenvalue weighted by Crippen LogP contribution is 2.36. The van der Waals surface area contributed by atoms with E-state index in [-0.39, 0.29) is 24.7 Å². The predicted octanol–water partition coefficient (Wildman–Crippen LogP) is 4.85. The predicted molar refractivity (Wildman–Crippen MR) is 126 cm³/mol. The van der Waals surface area contributed by atoms with E-state index in [2.05, 4.69) is 38.4 Å². The van der Waals surface area contributed by atoms with E-state index in [1.165, 1.54) is 13.3 Å². The summed E-state index contributed by atoms with van der Waals surface area (Å²) in [6.07, 6.45) is 3.11. The lowest BCUT2D eigenvalue weighted by Crippen LogP contribution is -2.20. The highest BCUT2D eigenvalue weighted by atomic mass is 79.9. The highest BCUT2D eigenvalue weighted by molar-refractivity contribution is 9.10. The summed E-state index contributed by atoms with van der Waals surface area (Å²) >= 11 is 9.46. The number of amides is 2. The number of carbonyl (C=O) groups is 2. The lowest BCUT2D eigenvalue weighted by Gasteiger charge is -2.12. The molecule has 0 spiro atoms. The Kier molecular flexibility index (Phi) is 9.55. The molecule has 0 fully saturated rings. The number of methoxy groups -OCH3 is 1. The molecule has 0 bridgehead atoms. The fraction of sp³-hybridized carbons (Fsp3) is 0.227. The molecule has 0 heterocycles. The number of benzene rings is 2. The van der Waals surface area contributed by atoms with Crippen molar-refractivity contribution in [1.82, 2.24) is 5.43 Å². The lowest BCUT2D eigenvalue weighted by molar-refractivity contribution is -0.124. The second-order valence-corrected chi connectivity index (χ2v) is 7.70.